The monoisotopic (exact) mass is 316 g/mol. The molecule has 124 valence electrons. The summed E-state index contributed by atoms with van der Waals surface area (Å²) >= 11 is 0. The zero-order valence-corrected chi connectivity index (χ0v) is 14.0. The van der Waals surface area contributed by atoms with Crippen LogP contribution in [0, 0.1) is 11.3 Å². The molecule has 1 aromatic rings. The molecule has 2 aliphatic heterocycles. The van der Waals surface area contributed by atoms with Gasteiger partial charge < -0.3 is 4.90 Å². The van der Waals surface area contributed by atoms with Crippen LogP contribution in [0.25, 0.3) is 0 Å². The van der Waals surface area contributed by atoms with Crippen molar-refractivity contribution in [2.45, 2.75) is 51.7 Å². The molecule has 1 aromatic heterocycles. The van der Waals surface area contributed by atoms with Crippen LogP contribution in [0.1, 0.15) is 45.2 Å². The molecule has 0 bridgehead atoms. The summed E-state index contributed by atoms with van der Waals surface area (Å²) in [5.74, 6) is 0.354. The number of aromatic nitrogens is 2. The number of nitrogens with zero attached hydrogens (tertiary/aromatic N) is 5. The number of rotatable bonds is 2. The number of nitrogens with one attached hydrogen (secondary N) is 1. The van der Waals surface area contributed by atoms with Gasteiger partial charge in [-0.1, -0.05) is 0 Å². The summed E-state index contributed by atoms with van der Waals surface area (Å²) < 4.78 is 1.70. The number of amides is 2. The maximum absolute atomic E-state index is 12.7. The summed E-state index contributed by atoms with van der Waals surface area (Å²) in [5.41, 5.74) is 0.402. The highest BCUT2D eigenvalue weighted by molar-refractivity contribution is 5.89. The van der Waals surface area contributed by atoms with Gasteiger partial charge in [-0.25, -0.2) is 4.79 Å². The third-order valence-electron chi connectivity index (χ3n) is 4.81. The normalized spacial score (nSPS) is 24.6. The molecule has 0 saturated carbocycles. The van der Waals surface area contributed by atoms with Gasteiger partial charge in [0.25, 0.3) is 0 Å². The minimum Gasteiger partial charge on any atom is -0.319 e. The van der Waals surface area contributed by atoms with Gasteiger partial charge in [-0.2, -0.15) is 10.4 Å². The lowest BCUT2D eigenvalue weighted by molar-refractivity contribution is 0.0861. The summed E-state index contributed by atoms with van der Waals surface area (Å²) in [7, 11) is 0. The van der Waals surface area contributed by atoms with E-state index in [4.69, 9.17) is 0 Å². The maximum Gasteiger partial charge on any atom is 0.323 e. The predicted molar refractivity (Wildman–Crippen MR) is 87.1 cm³/mol. The molecule has 2 atom stereocenters. The molecule has 2 unspecified atom stereocenters. The number of hydrogen-bond donors (Lipinski definition) is 1. The summed E-state index contributed by atoms with van der Waals surface area (Å²) in [6, 6.07) is 2.73. The van der Waals surface area contributed by atoms with Crippen LogP contribution in [0.4, 0.5) is 10.6 Å². The Hall–Kier alpha value is -2.07. The van der Waals surface area contributed by atoms with Crippen molar-refractivity contribution in [3.63, 3.8) is 0 Å². The summed E-state index contributed by atoms with van der Waals surface area (Å²) in [6.07, 6.45) is 4.05. The van der Waals surface area contributed by atoms with Gasteiger partial charge in [0.1, 0.15) is 11.6 Å². The lowest BCUT2D eigenvalue weighted by Crippen LogP contribution is -2.57. The van der Waals surface area contributed by atoms with E-state index in [9.17, 15) is 10.1 Å². The van der Waals surface area contributed by atoms with Crippen molar-refractivity contribution in [2.75, 3.05) is 25.0 Å². The number of carbonyl (C=O) groups excluding carboxylic acids is 1. The summed E-state index contributed by atoms with van der Waals surface area (Å²) in [5, 5.41) is 16.4. The molecule has 2 aliphatic rings. The molecule has 3 rings (SSSR count). The van der Waals surface area contributed by atoms with Crippen LogP contribution < -0.4 is 5.32 Å². The van der Waals surface area contributed by atoms with E-state index in [1.54, 1.807) is 10.9 Å². The average molecular weight is 316 g/mol. The van der Waals surface area contributed by atoms with E-state index >= 15 is 0 Å². The van der Waals surface area contributed by atoms with Crippen molar-refractivity contribution >= 4 is 11.8 Å². The number of anilines is 1. The number of nitriles is 1. The fourth-order valence-electron chi connectivity index (χ4n) is 3.47. The van der Waals surface area contributed by atoms with Crippen molar-refractivity contribution in [3.05, 3.63) is 11.8 Å². The van der Waals surface area contributed by atoms with Crippen LogP contribution in [-0.2, 0) is 0 Å². The second-order valence-corrected chi connectivity index (χ2v) is 6.80. The second-order valence-electron chi connectivity index (χ2n) is 6.80. The fourth-order valence-corrected chi connectivity index (χ4v) is 3.47. The van der Waals surface area contributed by atoms with Crippen molar-refractivity contribution in [1.29, 1.82) is 5.26 Å². The Bertz CT molecular complexity index is 631. The van der Waals surface area contributed by atoms with Crippen LogP contribution >= 0.6 is 0 Å². The summed E-state index contributed by atoms with van der Waals surface area (Å²) in [4.78, 5) is 17.0. The molecule has 0 spiro atoms. The first kappa shape index (κ1) is 15.8. The quantitative estimate of drug-likeness (QED) is 0.905. The Kier molecular flexibility index (Phi) is 4.26. The second kappa shape index (κ2) is 6.20. The van der Waals surface area contributed by atoms with E-state index in [2.05, 4.69) is 28.3 Å². The van der Waals surface area contributed by atoms with E-state index in [1.165, 1.54) is 6.42 Å². The first-order chi connectivity index (χ1) is 11.0. The first-order valence-corrected chi connectivity index (χ1v) is 8.30. The molecule has 2 amide bonds. The molecule has 0 aliphatic carbocycles. The van der Waals surface area contributed by atoms with Crippen LogP contribution in [0.3, 0.4) is 0 Å². The van der Waals surface area contributed by atoms with Gasteiger partial charge in [0.2, 0.25) is 0 Å². The molecule has 23 heavy (non-hydrogen) atoms. The molecule has 3 heterocycles. The van der Waals surface area contributed by atoms with Gasteiger partial charge in [-0.15, -0.1) is 0 Å². The molecule has 0 radical (unpaired) electrons. The summed E-state index contributed by atoms with van der Waals surface area (Å²) in [6.45, 7) is 8.86. The van der Waals surface area contributed by atoms with Gasteiger partial charge in [0.15, 0.2) is 5.82 Å². The Morgan fingerprint density at radius 3 is 2.96 bits per heavy atom. The van der Waals surface area contributed by atoms with Crippen molar-refractivity contribution in [3.8, 4) is 6.07 Å². The fraction of sp³-hybridized carbons (Fsp3) is 0.688. The lowest BCUT2D eigenvalue weighted by Gasteiger charge is -2.42. The number of urea groups is 1. The highest BCUT2D eigenvalue weighted by atomic mass is 16.2. The lowest BCUT2D eigenvalue weighted by atomic mass is 10.1. The van der Waals surface area contributed by atoms with E-state index in [-0.39, 0.29) is 18.1 Å². The average Bonchev–Trinajstić information content (AvgIpc) is 3.12. The van der Waals surface area contributed by atoms with E-state index in [1.807, 2.05) is 18.7 Å². The molecular weight excluding hydrogens is 292 g/mol. The minimum absolute atomic E-state index is 0.147. The first-order valence-electron chi connectivity index (χ1n) is 8.30. The zero-order valence-electron chi connectivity index (χ0n) is 14.0. The predicted octanol–water partition coefficient (Wildman–Crippen LogP) is 2.04. The molecule has 0 aromatic carbocycles. The van der Waals surface area contributed by atoms with Gasteiger partial charge in [0.05, 0.1) is 0 Å². The van der Waals surface area contributed by atoms with E-state index in [0.29, 0.717) is 17.4 Å². The zero-order chi connectivity index (χ0) is 16.6. The standard InChI is InChI=1S/C16H24N6O/c1-11(2)22-9-13(7-17)15(19-22)18-16(23)21-10-14-5-4-6-20(14)8-12(21)3/h9,11-12,14H,4-6,8,10H2,1-3H3,(H,18,19,23). The van der Waals surface area contributed by atoms with Crippen molar-refractivity contribution in [2.24, 2.45) is 0 Å². The Morgan fingerprint density at radius 1 is 1.48 bits per heavy atom. The highest BCUT2D eigenvalue weighted by Gasteiger charge is 2.36. The third kappa shape index (κ3) is 3.04. The van der Waals surface area contributed by atoms with Gasteiger partial charge in [-0.05, 0) is 40.2 Å². The van der Waals surface area contributed by atoms with Gasteiger partial charge >= 0.3 is 6.03 Å². The molecule has 2 saturated heterocycles. The molecule has 7 heteroatoms. The number of hydrogen-bond acceptors (Lipinski definition) is 4. The molecule has 1 N–H and O–H groups in total. The number of carbonyl (C=O) groups is 1. The topological polar surface area (TPSA) is 77.2 Å². The Balaban J connectivity index is 1.73. The molecule has 2 fully saturated rings. The van der Waals surface area contributed by atoms with Crippen LogP contribution in [0.2, 0.25) is 0 Å². The molecular formula is C16H24N6O. The van der Waals surface area contributed by atoms with Gasteiger partial charge in [0, 0.05) is 37.4 Å². The minimum atomic E-state index is -0.158. The smallest absolute Gasteiger partial charge is 0.319 e. The van der Waals surface area contributed by atoms with Crippen LogP contribution in [-0.4, -0.2) is 57.3 Å². The Labute approximate surface area is 136 Å². The number of piperazine rings is 1. The van der Waals surface area contributed by atoms with Gasteiger partial charge in [-0.3, -0.25) is 14.9 Å². The SMILES string of the molecule is CC1CN2CCCC2CN1C(=O)Nc1nn(C(C)C)cc1C#N. The van der Waals surface area contributed by atoms with E-state index < -0.39 is 0 Å². The largest absolute Gasteiger partial charge is 0.323 e. The van der Waals surface area contributed by atoms with Crippen molar-refractivity contribution < 1.29 is 4.79 Å². The Morgan fingerprint density at radius 2 is 2.26 bits per heavy atom. The van der Waals surface area contributed by atoms with Crippen LogP contribution in [0.15, 0.2) is 6.20 Å². The highest BCUT2D eigenvalue weighted by Crippen LogP contribution is 2.25. The molecule has 7 nitrogen and oxygen atoms in total. The number of fused-ring (bicyclic) bond motifs is 1. The third-order valence-corrected chi connectivity index (χ3v) is 4.81. The van der Waals surface area contributed by atoms with Crippen molar-refractivity contribution in [1.82, 2.24) is 19.6 Å². The van der Waals surface area contributed by atoms with E-state index in [0.717, 1.165) is 26.1 Å². The maximum atomic E-state index is 12.7. The van der Waals surface area contributed by atoms with Crippen LogP contribution in [0.5, 0.6) is 0 Å².